The van der Waals surface area contributed by atoms with Crippen LogP contribution in [-0.4, -0.2) is 35.5 Å². The summed E-state index contributed by atoms with van der Waals surface area (Å²) in [6, 6.07) is 22.4. The topological polar surface area (TPSA) is 40.5 Å². The van der Waals surface area contributed by atoms with Gasteiger partial charge in [-0.3, -0.25) is 9.69 Å². The summed E-state index contributed by atoms with van der Waals surface area (Å²) in [6.45, 7) is 2.78. The number of aliphatic hydroxyl groups is 1. The number of hydrogen-bond acceptors (Lipinski definition) is 3. The highest BCUT2D eigenvalue weighted by atomic mass is 16.2. The summed E-state index contributed by atoms with van der Waals surface area (Å²) in [5.41, 5.74) is 3.06. The second-order valence-corrected chi connectivity index (χ2v) is 7.94. The number of piperidine rings is 1. The average Bonchev–Trinajstić information content (AvgIpc) is 2.80. The molecule has 1 saturated heterocycles. The van der Waals surface area contributed by atoms with E-state index in [1.807, 2.05) is 42.5 Å². The molecule has 1 N–H and O–H groups in total. The smallest absolute Gasteiger partial charge is 0.167 e. The van der Waals surface area contributed by atoms with E-state index in [0.717, 1.165) is 54.4 Å². The second kappa shape index (κ2) is 9.71. The molecule has 0 aromatic heterocycles. The molecule has 1 heterocycles. The summed E-state index contributed by atoms with van der Waals surface area (Å²) in [4.78, 5) is 15.7. The van der Waals surface area contributed by atoms with Gasteiger partial charge in [-0.25, -0.2) is 0 Å². The van der Waals surface area contributed by atoms with E-state index in [2.05, 4.69) is 41.0 Å². The fourth-order valence-electron chi connectivity index (χ4n) is 4.25. The molecule has 1 aliphatic heterocycles. The van der Waals surface area contributed by atoms with Crippen LogP contribution in [0.4, 0.5) is 0 Å². The molecule has 1 atom stereocenters. The first kappa shape index (κ1) is 20.3. The Balaban J connectivity index is 1.43. The van der Waals surface area contributed by atoms with E-state index in [0.29, 0.717) is 6.42 Å². The molecule has 0 radical (unpaired) electrons. The van der Waals surface area contributed by atoms with E-state index in [1.54, 1.807) is 0 Å². The molecule has 0 spiro atoms. The molecule has 3 aromatic carbocycles. The van der Waals surface area contributed by atoms with E-state index in [-0.39, 0.29) is 18.3 Å². The Bertz CT molecular complexity index is 1070. The quantitative estimate of drug-likeness (QED) is 0.502. The molecule has 1 unspecified atom stereocenters. The predicted octanol–water partition coefficient (Wildman–Crippen LogP) is 4.67. The van der Waals surface area contributed by atoms with Gasteiger partial charge in [0, 0.05) is 36.6 Å². The number of aliphatic hydroxyl groups excluding tert-OH is 1. The fourth-order valence-corrected chi connectivity index (χ4v) is 4.25. The van der Waals surface area contributed by atoms with Gasteiger partial charge in [0.05, 0.1) is 6.61 Å². The summed E-state index contributed by atoms with van der Waals surface area (Å²) < 4.78 is 0. The van der Waals surface area contributed by atoms with Gasteiger partial charge in [0.25, 0.3) is 0 Å². The molecule has 0 aliphatic carbocycles. The van der Waals surface area contributed by atoms with E-state index in [4.69, 9.17) is 5.11 Å². The van der Waals surface area contributed by atoms with Gasteiger partial charge in [0.2, 0.25) is 0 Å². The Morgan fingerprint density at radius 1 is 1.03 bits per heavy atom. The highest BCUT2D eigenvalue weighted by Crippen LogP contribution is 2.26. The molecule has 4 rings (SSSR count). The van der Waals surface area contributed by atoms with E-state index in [9.17, 15) is 4.79 Å². The SMILES string of the molecule is O=C(c1cccc2ccccc12)C1CCCN(Cc2ccc(C#CCCO)cc2)C1. The molecule has 3 nitrogen and oxygen atoms in total. The van der Waals surface area contributed by atoms with Gasteiger partial charge in [-0.15, -0.1) is 0 Å². The molecule has 0 bridgehead atoms. The number of carbonyl (C=O) groups excluding carboxylic acids is 1. The third kappa shape index (κ3) is 4.79. The number of benzene rings is 3. The van der Waals surface area contributed by atoms with Crippen LogP contribution in [0.25, 0.3) is 10.8 Å². The molecule has 30 heavy (non-hydrogen) atoms. The van der Waals surface area contributed by atoms with Crippen LogP contribution >= 0.6 is 0 Å². The lowest BCUT2D eigenvalue weighted by molar-refractivity contribution is 0.0813. The first-order valence-electron chi connectivity index (χ1n) is 10.7. The van der Waals surface area contributed by atoms with Gasteiger partial charge < -0.3 is 5.11 Å². The van der Waals surface area contributed by atoms with Crippen molar-refractivity contribution in [3.05, 3.63) is 83.4 Å². The number of nitrogens with zero attached hydrogens (tertiary/aromatic N) is 1. The van der Waals surface area contributed by atoms with Crippen LogP contribution in [-0.2, 0) is 6.54 Å². The first-order chi connectivity index (χ1) is 14.7. The van der Waals surface area contributed by atoms with E-state index >= 15 is 0 Å². The molecular formula is C27H27NO2. The van der Waals surface area contributed by atoms with Gasteiger partial charge in [-0.2, -0.15) is 0 Å². The van der Waals surface area contributed by atoms with Crippen molar-refractivity contribution in [1.29, 1.82) is 0 Å². The molecular weight excluding hydrogens is 370 g/mol. The molecule has 3 heteroatoms. The van der Waals surface area contributed by atoms with Crippen LogP contribution in [0.5, 0.6) is 0 Å². The van der Waals surface area contributed by atoms with Crippen molar-refractivity contribution in [3.63, 3.8) is 0 Å². The lowest BCUT2D eigenvalue weighted by atomic mass is 9.88. The van der Waals surface area contributed by atoms with Gasteiger partial charge >= 0.3 is 0 Å². The fraction of sp³-hybridized carbons (Fsp3) is 0.296. The first-order valence-corrected chi connectivity index (χ1v) is 10.7. The zero-order valence-electron chi connectivity index (χ0n) is 17.2. The minimum absolute atomic E-state index is 0.0492. The van der Waals surface area contributed by atoms with Gasteiger partial charge in [0.1, 0.15) is 0 Å². The molecule has 1 aliphatic rings. The highest BCUT2D eigenvalue weighted by molar-refractivity contribution is 6.09. The van der Waals surface area contributed by atoms with Crippen molar-refractivity contribution in [1.82, 2.24) is 4.90 Å². The second-order valence-electron chi connectivity index (χ2n) is 7.94. The Morgan fingerprint density at radius 2 is 1.83 bits per heavy atom. The number of rotatable bonds is 5. The minimum atomic E-state index is 0.0492. The van der Waals surface area contributed by atoms with Crippen LogP contribution in [0.3, 0.4) is 0 Å². The lowest BCUT2D eigenvalue weighted by Crippen LogP contribution is -2.38. The number of hydrogen-bond donors (Lipinski definition) is 1. The summed E-state index contributed by atoms with van der Waals surface area (Å²) in [7, 11) is 0. The molecule has 1 fully saturated rings. The summed E-state index contributed by atoms with van der Waals surface area (Å²) >= 11 is 0. The Morgan fingerprint density at radius 3 is 2.67 bits per heavy atom. The lowest BCUT2D eigenvalue weighted by Gasteiger charge is -2.32. The zero-order valence-corrected chi connectivity index (χ0v) is 17.2. The van der Waals surface area contributed by atoms with Crippen LogP contribution in [0.1, 0.15) is 40.7 Å². The van der Waals surface area contributed by atoms with Crippen LogP contribution < -0.4 is 0 Å². The monoisotopic (exact) mass is 397 g/mol. The number of likely N-dealkylation sites (tertiary alicyclic amines) is 1. The van der Waals surface area contributed by atoms with Crippen LogP contribution in [0.15, 0.2) is 66.7 Å². The Labute approximate surface area is 178 Å². The molecule has 152 valence electrons. The number of fused-ring (bicyclic) bond motifs is 1. The van der Waals surface area contributed by atoms with Crippen molar-refractivity contribution in [3.8, 4) is 11.8 Å². The van der Waals surface area contributed by atoms with Gasteiger partial charge in [-0.1, -0.05) is 66.4 Å². The summed E-state index contributed by atoms with van der Waals surface area (Å²) in [5, 5.41) is 11.0. The maximum atomic E-state index is 13.3. The van der Waals surface area contributed by atoms with Crippen LogP contribution in [0, 0.1) is 17.8 Å². The van der Waals surface area contributed by atoms with Gasteiger partial charge in [0.15, 0.2) is 5.78 Å². The maximum absolute atomic E-state index is 13.3. The Kier molecular flexibility index (Phi) is 6.59. The molecule has 0 saturated carbocycles. The van der Waals surface area contributed by atoms with Crippen molar-refractivity contribution >= 4 is 16.6 Å². The van der Waals surface area contributed by atoms with Crippen molar-refractivity contribution in [2.75, 3.05) is 19.7 Å². The maximum Gasteiger partial charge on any atom is 0.167 e. The van der Waals surface area contributed by atoms with Crippen molar-refractivity contribution < 1.29 is 9.90 Å². The normalized spacial score (nSPS) is 16.8. The predicted molar refractivity (Wildman–Crippen MR) is 121 cm³/mol. The Hall–Kier alpha value is -2.93. The molecule has 0 amide bonds. The zero-order chi connectivity index (χ0) is 20.8. The average molecular weight is 398 g/mol. The van der Waals surface area contributed by atoms with E-state index < -0.39 is 0 Å². The van der Waals surface area contributed by atoms with Crippen LogP contribution in [0.2, 0.25) is 0 Å². The molecule has 3 aromatic rings. The highest BCUT2D eigenvalue weighted by Gasteiger charge is 2.27. The standard InChI is InChI=1S/C27H27NO2/c29-18-4-3-7-21-13-15-22(16-14-21)19-28-17-6-10-24(20-28)27(30)26-12-5-9-23-8-1-2-11-25(23)26/h1-2,5,8-9,11-16,24,29H,4,6,10,17-20H2. The largest absolute Gasteiger partial charge is 0.395 e. The minimum Gasteiger partial charge on any atom is -0.395 e. The number of carbonyl (C=O) groups is 1. The van der Waals surface area contributed by atoms with Crippen molar-refractivity contribution in [2.24, 2.45) is 5.92 Å². The number of ketones is 1. The summed E-state index contributed by atoms with van der Waals surface area (Å²) in [6.07, 6.45) is 2.51. The third-order valence-electron chi connectivity index (χ3n) is 5.76. The summed E-state index contributed by atoms with van der Waals surface area (Å²) in [5.74, 6) is 6.33. The number of Topliss-reactive ketones (excluding diaryl/α,β-unsaturated/α-hetero) is 1. The van der Waals surface area contributed by atoms with Gasteiger partial charge in [-0.05, 0) is 47.9 Å². The third-order valence-corrected chi connectivity index (χ3v) is 5.76. The van der Waals surface area contributed by atoms with E-state index in [1.165, 1.54) is 5.56 Å². The van der Waals surface area contributed by atoms with Crippen molar-refractivity contribution in [2.45, 2.75) is 25.8 Å².